The molecule has 2 nitrogen and oxygen atoms in total. The van der Waals surface area contributed by atoms with Crippen LogP contribution in [0.5, 0.6) is 0 Å². The Hall–Kier alpha value is -0.670. The molecule has 1 rings (SSSR count). The molecule has 0 bridgehead atoms. The standard InChI is InChI=1S/C9H11ClN2S/c10-7-3-1-2-4-8(7)13-6-5-9(11)12/h1-4H,5-6H2,(H3,11,12). The second-order valence-electron chi connectivity index (χ2n) is 2.55. The number of hydrogen-bond acceptors (Lipinski definition) is 2. The molecule has 0 aliphatic heterocycles. The first-order valence-electron chi connectivity index (χ1n) is 3.90. The van der Waals surface area contributed by atoms with E-state index in [4.69, 9.17) is 22.7 Å². The summed E-state index contributed by atoms with van der Waals surface area (Å²) in [5, 5.41) is 7.81. The van der Waals surface area contributed by atoms with E-state index in [1.165, 1.54) is 0 Å². The van der Waals surface area contributed by atoms with Gasteiger partial charge in [0.05, 0.1) is 10.9 Å². The molecule has 0 aromatic heterocycles. The van der Waals surface area contributed by atoms with E-state index in [1.807, 2.05) is 24.3 Å². The number of thioether (sulfide) groups is 1. The summed E-state index contributed by atoms with van der Waals surface area (Å²) in [7, 11) is 0. The van der Waals surface area contributed by atoms with Gasteiger partial charge in [-0.15, -0.1) is 11.8 Å². The third-order valence-corrected chi connectivity index (χ3v) is 2.98. The van der Waals surface area contributed by atoms with Gasteiger partial charge in [0.25, 0.3) is 0 Å². The van der Waals surface area contributed by atoms with Crippen LogP contribution in [-0.4, -0.2) is 11.6 Å². The number of halogens is 1. The molecule has 0 atom stereocenters. The van der Waals surface area contributed by atoms with E-state index in [0.29, 0.717) is 6.42 Å². The molecule has 0 unspecified atom stereocenters. The molecule has 0 spiro atoms. The smallest absolute Gasteiger partial charge is 0.0913 e. The predicted molar refractivity (Wildman–Crippen MR) is 58.7 cm³/mol. The van der Waals surface area contributed by atoms with E-state index in [9.17, 15) is 0 Å². The second kappa shape index (κ2) is 5.14. The minimum Gasteiger partial charge on any atom is -0.388 e. The largest absolute Gasteiger partial charge is 0.388 e. The molecule has 0 fully saturated rings. The van der Waals surface area contributed by atoms with Crippen LogP contribution in [0.2, 0.25) is 5.02 Å². The van der Waals surface area contributed by atoms with Crippen LogP contribution in [0.1, 0.15) is 6.42 Å². The highest BCUT2D eigenvalue weighted by molar-refractivity contribution is 7.99. The van der Waals surface area contributed by atoms with Crippen molar-refractivity contribution in [3.63, 3.8) is 0 Å². The van der Waals surface area contributed by atoms with Gasteiger partial charge in [-0.25, -0.2) is 0 Å². The summed E-state index contributed by atoms with van der Waals surface area (Å²) in [4.78, 5) is 1.05. The van der Waals surface area contributed by atoms with E-state index >= 15 is 0 Å². The van der Waals surface area contributed by atoms with E-state index in [2.05, 4.69) is 0 Å². The van der Waals surface area contributed by atoms with Crippen molar-refractivity contribution in [2.24, 2.45) is 5.73 Å². The third-order valence-electron chi connectivity index (χ3n) is 1.47. The van der Waals surface area contributed by atoms with Gasteiger partial charge >= 0.3 is 0 Å². The molecule has 4 heteroatoms. The summed E-state index contributed by atoms with van der Waals surface area (Å²) >= 11 is 7.56. The number of nitrogens with one attached hydrogen (secondary N) is 1. The van der Waals surface area contributed by atoms with Crippen molar-refractivity contribution in [2.45, 2.75) is 11.3 Å². The molecule has 1 aromatic rings. The highest BCUT2D eigenvalue weighted by Gasteiger charge is 1.99. The molecule has 70 valence electrons. The molecule has 0 heterocycles. The van der Waals surface area contributed by atoms with Crippen molar-refractivity contribution >= 4 is 29.2 Å². The Morgan fingerprint density at radius 2 is 2.15 bits per heavy atom. The number of nitrogens with two attached hydrogens (primary N) is 1. The Morgan fingerprint density at radius 1 is 1.46 bits per heavy atom. The second-order valence-corrected chi connectivity index (χ2v) is 4.10. The fourth-order valence-electron chi connectivity index (χ4n) is 0.833. The molecular weight excluding hydrogens is 204 g/mol. The van der Waals surface area contributed by atoms with Crippen LogP contribution in [-0.2, 0) is 0 Å². The van der Waals surface area contributed by atoms with Gasteiger partial charge in [0.2, 0.25) is 0 Å². The molecule has 0 aliphatic rings. The lowest BCUT2D eigenvalue weighted by Crippen LogP contribution is -2.09. The molecule has 0 saturated heterocycles. The first-order valence-corrected chi connectivity index (χ1v) is 5.26. The number of hydrogen-bond donors (Lipinski definition) is 2. The SMILES string of the molecule is N=C(N)CCSc1ccccc1Cl. The summed E-state index contributed by atoms with van der Waals surface area (Å²) in [5.74, 6) is 1.03. The van der Waals surface area contributed by atoms with Crippen LogP contribution in [0.3, 0.4) is 0 Å². The number of rotatable bonds is 4. The molecular formula is C9H11ClN2S. The summed E-state index contributed by atoms with van der Waals surface area (Å²) in [6.07, 6.45) is 0.607. The zero-order valence-corrected chi connectivity index (χ0v) is 8.66. The molecule has 0 amide bonds. The topological polar surface area (TPSA) is 49.9 Å². The molecule has 0 radical (unpaired) electrons. The zero-order chi connectivity index (χ0) is 9.68. The van der Waals surface area contributed by atoms with Gasteiger partial charge in [-0.3, -0.25) is 5.41 Å². The Balaban J connectivity index is 2.45. The van der Waals surface area contributed by atoms with Gasteiger partial charge in [0.15, 0.2) is 0 Å². The maximum absolute atomic E-state index is 7.05. The van der Waals surface area contributed by atoms with Crippen LogP contribution < -0.4 is 5.73 Å². The predicted octanol–water partition coefficient (Wildman–Crippen LogP) is 2.76. The maximum atomic E-state index is 7.05. The van der Waals surface area contributed by atoms with Gasteiger partial charge in [-0.05, 0) is 12.1 Å². The number of benzene rings is 1. The van der Waals surface area contributed by atoms with Gasteiger partial charge in [-0.2, -0.15) is 0 Å². The van der Waals surface area contributed by atoms with Crippen LogP contribution in [0.4, 0.5) is 0 Å². The van der Waals surface area contributed by atoms with Crippen LogP contribution in [0.25, 0.3) is 0 Å². The fraction of sp³-hybridized carbons (Fsp3) is 0.222. The monoisotopic (exact) mass is 214 g/mol. The van der Waals surface area contributed by atoms with Crippen molar-refractivity contribution in [3.8, 4) is 0 Å². The van der Waals surface area contributed by atoms with Crippen molar-refractivity contribution in [2.75, 3.05) is 5.75 Å². The average Bonchev–Trinajstić information content (AvgIpc) is 2.08. The molecule has 0 saturated carbocycles. The zero-order valence-electron chi connectivity index (χ0n) is 7.09. The lowest BCUT2D eigenvalue weighted by Gasteiger charge is -2.02. The Labute approximate surface area is 87.0 Å². The van der Waals surface area contributed by atoms with E-state index in [1.54, 1.807) is 11.8 Å². The minimum atomic E-state index is 0.222. The fourth-order valence-corrected chi connectivity index (χ4v) is 2.05. The molecule has 0 aliphatic carbocycles. The maximum Gasteiger partial charge on any atom is 0.0913 e. The average molecular weight is 215 g/mol. The van der Waals surface area contributed by atoms with Crippen molar-refractivity contribution in [3.05, 3.63) is 29.3 Å². The number of amidine groups is 1. The Kier molecular flexibility index (Phi) is 4.12. The first kappa shape index (κ1) is 10.4. The Bertz CT molecular complexity index is 301. The van der Waals surface area contributed by atoms with E-state index in [0.717, 1.165) is 15.7 Å². The van der Waals surface area contributed by atoms with Gasteiger partial charge in [0, 0.05) is 17.1 Å². The molecule has 3 N–H and O–H groups in total. The van der Waals surface area contributed by atoms with Gasteiger partial charge in [-0.1, -0.05) is 23.7 Å². The van der Waals surface area contributed by atoms with E-state index < -0.39 is 0 Å². The highest BCUT2D eigenvalue weighted by Crippen LogP contribution is 2.26. The lowest BCUT2D eigenvalue weighted by molar-refractivity contribution is 1.22. The summed E-state index contributed by atoms with van der Waals surface area (Å²) < 4.78 is 0. The minimum absolute atomic E-state index is 0.222. The quantitative estimate of drug-likeness (QED) is 0.460. The van der Waals surface area contributed by atoms with Crippen molar-refractivity contribution in [1.29, 1.82) is 5.41 Å². The first-order chi connectivity index (χ1) is 6.20. The summed E-state index contributed by atoms with van der Waals surface area (Å²) in [5.41, 5.74) is 5.23. The van der Waals surface area contributed by atoms with Crippen LogP contribution >= 0.6 is 23.4 Å². The summed E-state index contributed by atoms with van der Waals surface area (Å²) in [6, 6.07) is 7.67. The highest BCUT2D eigenvalue weighted by atomic mass is 35.5. The van der Waals surface area contributed by atoms with Gasteiger partial charge in [0.1, 0.15) is 0 Å². The van der Waals surface area contributed by atoms with Crippen LogP contribution in [0, 0.1) is 5.41 Å². The van der Waals surface area contributed by atoms with Gasteiger partial charge < -0.3 is 5.73 Å². The normalized spacial score (nSPS) is 9.92. The molecule has 13 heavy (non-hydrogen) atoms. The van der Waals surface area contributed by atoms with E-state index in [-0.39, 0.29) is 5.84 Å². The molecule has 1 aromatic carbocycles. The summed E-state index contributed by atoms with van der Waals surface area (Å²) in [6.45, 7) is 0. The lowest BCUT2D eigenvalue weighted by atomic mass is 10.4. The third kappa shape index (κ3) is 3.70. The van der Waals surface area contributed by atoms with Crippen molar-refractivity contribution < 1.29 is 0 Å². The Morgan fingerprint density at radius 3 is 2.77 bits per heavy atom. The van der Waals surface area contributed by atoms with Crippen LogP contribution in [0.15, 0.2) is 29.2 Å². The van der Waals surface area contributed by atoms with Crippen molar-refractivity contribution in [1.82, 2.24) is 0 Å².